The Morgan fingerprint density at radius 3 is 2.40 bits per heavy atom. The van der Waals surface area contributed by atoms with E-state index in [-0.39, 0.29) is 12.2 Å². The van der Waals surface area contributed by atoms with Crippen LogP contribution in [0, 0.1) is 24.0 Å². The van der Waals surface area contributed by atoms with Gasteiger partial charge in [-0.2, -0.15) is 5.10 Å². The van der Waals surface area contributed by atoms with Crippen LogP contribution in [-0.4, -0.2) is 25.4 Å². The van der Waals surface area contributed by atoms with Gasteiger partial charge < -0.3 is 5.11 Å². The lowest BCUT2D eigenvalue weighted by Gasteiger charge is -2.17. The summed E-state index contributed by atoms with van der Waals surface area (Å²) in [4.78, 5) is 10.3. The van der Waals surface area contributed by atoms with Crippen LogP contribution in [0.4, 0.5) is 5.69 Å². The molecule has 0 saturated carbocycles. The lowest BCUT2D eigenvalue weighted by atomic mass is 10.1. The number of hydrogen-bond acceptors (Lipinski definition) is 4. The third-order valence-electron chi connectivity index (χ3n) is 2.06. The molecule has 15 heavy (non-hydrogen) atoms. The maximum atomic E-state index is 10.7. The molecule has 84 valence electrons. The molecule has 0 aliphatic heterocycles. The van der Waals surface area contributed by atoms with Crippen molar-refractivity contribution in [1.29, 1.82) is 0 Å². The van der Waals surface area contributed by atoms with Gasteiger partial charge in [-0.25, -0.2) is 0 Å². The third-order valence-corrected chi connectivity index (χ3v) is 2.06. The first-order chi connectivity index (χ1) is 6.72. The quantitative estimate of drug-likeness (QED) is 0.603. The topological polar surface area (TPSA) is 81.2 Å². The zero-order chi connectivity index (χ0) is 11.8. The number of nitrogens with zero attached hydrogens (tertiary/aromatic N) is 3. The molecule has 0 radical (unpaired) electrons. The largest absolute Gasteiger partial charge is 0.389 e. The number of nitro groups is 1. The van der Waals surface area contributed by atoms with E-state index < -0.39 is 10.5 Å². The Labute approximate surface area is 87.7 Å². The van der Waals surface area contributed by atoms with Crippen molar-refractivity contribution in [2.24, 2.45) is 0 Å². The van der Waals surface area contributed by atoms with E-state index in [1.54, 1.807) is 27.7 Å². The van der Waals surface area contributed by atoms with Crippen molar-refractivity contribution >= 4 is 5.69 Å². The van der Waals surface area contributed by atoms with Crippen LogP contribution in [0.5, 0.6) is 0 Å². The summed E-state index contributed by atoms with van der Waals surface area (Å²) < 4.78 is 1.47. The Morgan fingerprint density at radius 1 is 1.53 bits per heavy atom. The maximum absolute atomic E-state index is 10.7. The van der Waals surface area contributed by atoms with Gasteiger partial charge in [0.1, 0.15) is 11.4 Å². The van der Waals surface area contributed by atoms with Crippen molar-refractivity contribution in [3.8, 4) is 0 Å². The number of hydrogen-bond donors (Lipinski definition) is 1. The van der Waals surface area contributed by atoms with Gasteiger partial charge in [-0.15, -0.1) is 0 Å². The Balaban J connectivity index is 3.13. The number of aliphatic hydroxyl groups is 1. The summed E-state index contributed by atoms with van der Waals surface area (Å²) in [6, 6.07) is 0. The van der Waals surface area contributed by atoms with E-state index in [1.807, 2.05) is 0 Å². The van der Waals surface area contributed by atoms with Gasteiger partial charge >= 0.3 is 5.69 Å². The lowest BCUT2D eigenvalue weighted by molar-refractivity contribution is -0.386. The molecule has 1 aromatic rings. The first-order valence-electron chi connectivity index (χ1n) is 4.63. The van der Waals surface area contributed by atoms with Gasteiger partial charge in [0.2, 0.25) is 0 Å². The third kappa shape index (κ3) is 2.53. The molecule has 0 amide bonds. The Kier molecular flexibility index (Phi) is 2.81. The summed E-state index contributed by atoms with van der Waals surface area (Å²) in [6.07, 6.45) is 0. The molecule has 0 aromatic carbocycles. The second kappa shape index (κ2) is 3.62. The zero-order valence-corrected chi connectivity index (χ0v) is 9.31. The van der Waals surface area contributed by atoms with E-state index in [9.17, 15) is 15.2 Å². The molecular formula is C9H15N3O3. The van der Waals surface area contributed by atoms with Crippen molar-refractivity contribution in [3.05, 3.63) is 21.5 Å². The Hall–Kier alpha value is -1.43. The highest BCUT2D eigenvalue weighted by atomic mass is 16.6. The SMILES string of the molecule is Cc1nn(CC(C)(C)O)c(C)c1[N+](=O)[O-]. The van der Waals surface area contributed by atoms with Crippen molar-refractivity contribution in [3.63, 3.8) is 0 Å². The average Bonchev–Trinajstić information content (AvgIpc) is 2.23. The van der Waals surface area contributed by atoms with E-state index >= 15 is 0 Å². The minimum Gasteiger partial charge on any atom is -0.389 e. The predicted octanol–water partition coefficient (Wildman–Crippen LogP) is 1.18. The van der Waals surface area contributed by atoms with Crippen LogP contribution < -0.4 is 0 Å². The molecule has 0 bridgehead atoms. The monoisotopic (exact) mass is 213 g/mol. The highest BCUT2D eigenvalue weighted by Crippen LogP contribution is 2.22. The predicted molar refractivity (Wildman–Crippen MR) is 54.7 cm³/mol. The van der Waals surface area contributed by atoms with Crippen LogP contribution in [0.3, 0.4) is 0 Å². The smallest absolute Gasteiger partial charge is 0.312 e. The molecule has 0 saturated heterocycles. The second-order valence-electron chi connectivity index (χ2n) is 4.25. The van der Waals surface area contributed by atoms with Gasteiger partial charge in [0.25, 0.3) is 0 Å². The van der Waals surface area contributed by atoms with Gasteiger partial charge in [0.05, 0.1) is 17.1 Å². The van der Waals surface area contributed by atoms with E-state index in [0.717, 1.165) is 0 Å². The normalized spacial score (nSPS) is 11.8. The minimum atomic E-state index is -0.933. The van der Waals surface area contributed by atoms with Gasteiger partial charge in [0, 0.05) is 0 Å². The fraction of sp³-hybridized carbons (Fsp3) is 0.667. The van der Waals surface area contributed by atoms with Gasteiger partial charge in [-0.05, 0) is 27.7 Å². The molecule has 0 aliphatic rings. The van der Waals surface area contributed by atoms with Gasteiger partial charge in [-0.1, -0.05) is 0 Å². The lowest BCUT2D eigenvalue weighted by Crippen LogP contribution is -2.27. The van der Waals surface area contributed by atoms with Crippen LogP contribution in [0.25, 0.3) is 0 Å². The summed E-state index contributed by atoms with van der Waals surface area (Å²) in [5, 5.41) is 24.3. The molecule has 6 nitrogen and oxygen atoms in total. The van der Waals surface area contributed by atoms with E-state index in [0.29, 0.717) is 11.4 Å². The molecule has 0 aliphatic carbocycles. The fourth-order valence-corrected chi connectivity index (χ4v) is 1.47. The zero-order valence-electron chi connectivity index (χ0n) is 9.31. The maximum Gasteiger partial charge on any atom is 0.312 e. The molecule has 6 heteroatoms. The van der Waals surface area contributed by atoms with Crippen molar-refractivity contribution in [1.82, 2.24) is 9.78 Å². The highest BCUT2D eigenvalue weighted by Gasteiger charge is 2.24. The summed E-state index contributed by atoms with van der Waals surface area (Å²) in [6.45, 7) is 6.73. The molecule has 0 fully saturated rings. The van der Waals surface area contributed by atoms with Crippen molar-refractivity contribution in [2.75, 3.05) is 0 Å². The standard InChI is InChI=1S/C9H15N3O3/c1-6-8(12(14)15)7(2)11(10-6)5-9(3,4)13/h13H,5H2,1-4H3. The Morgan fingerprint density at radius 2 is 2.07 bits per heavy atom. The molecule has 0 unspecified atom stereocenters. The van der Waals surface area contributed by atoms with Crippen LogP contribution in [0.2, 0.25) is 0 Å². The molecule has 1 aromatic heterocycles. The van der Waals surface area contributed by atoms with Crippen LogP contribution in [0.15, 0.2) is 0 Å². The first-order valence-corrected chi connectivity index (χ1v) is 4.63. The van der Waals surface area contributed by atoms with Crippen molar-refractivity contribution in [2.45, 2.75) is 39.8 Å². The van der Waals surface area contributed by atoms with Crippen LogP contribution >= 0.6 is 0 Å². The second-order valence-corrected chi connectivity index (χ2v) is 4.25. The summed E-state index contributed by atoms with van der Waals surface area (Å²) in [7, 11) is 0. The molecule has 0 atom stereocenters. The first kappa shape index (κ1) is 11.6. The summed E-state index contributed by atoms with van der Waals surface area (Å²) in [5.41, 5.74) is -0.0579. The molecule has 1 rings (SSSR count). The molecule has 1 heterocycles. The summed E-state index contributed by atoms with van der Waals surface area (Å²) in [5.74, 6) is 0. The van der Waals surface area contributed by atoms with E-state index in [4.69, 9.17) is 0 Å². The Bertz CT molecular complexity index is 390. The van der Waals surface area contributed by atoms with E-state index in [2.05, 4.69) is 5.10 Å². The average molecular weight is 213 g/mol. The van der Waals surface area contributed by atoms with Crippen LogP contribution in [-0.2, 0) is 6.54 Å². The van der Waals surface area contributed by atoms with E-state index in [1.165, 1.54) is 4.68 Å². The molecular weight excluding hydrogens is 198 g/mol. The summed E-state index contributed by atoms with van der Waals surface area (Å²) >= 11 is 0. The molecule has 0 spiro atoms. The molecule has 1 N–H and O–H groups in total. The van der Waals surface area contributed by atoms with Gasteiger partial charge in [-0.3, -0.25) is 14.8 Å². The highest BCUT2D eigenvalue weighted by molar-refractivity contribution is 5.39. The van der Waals surface area contributed by atoms with Crippen molar-refractivity contribution < 1.29 is 10.0 Å². The number of aromatic nitrogens is 2. The number of rotatable bonds is 3. The van der Waals surface area contributed by atoms with Crippen LogP contribution in [0.1, 0.15) is 25.2 Å². The van der Waals surface area contributed by atoms with Gasteiger partial charge in [0.15, 0.2) is 0 Å². The number of aryl methyl sites for hydroxylation is 1. The minimum absolute atomic E-state index is 0.0271. The fourth-order valence-electron chi connectivity index (χ4n) is 1.47.